The molecule has 160 valence electrons. The molecule has 3 fully saturated rings. The molecular weight excluding hydrogens is 414 g/mol. The summed E-state index contributed by atoms with van der Waals surface area (Å²) in [6.45, 7) is 4.54. The van der Waals surface area contributed by atoms with Gasteiger partial charge in [0, 0.05) is 16.8 Å². The summed E-state index contributed by atoms with van der Waals surface area (Å²) in [6, 6.07) is 11.2. The molecule has 1 aliphatic carbocycles. The molecule has 1 unspecified atom stereocenters. The highest BCUT2D eigenvalue weighted by Gasteiger charge is 2.51. The summed E-state index contributed by atoms with van der Waals surface area (Å²) in [7, 11) is 0. The van der Waals surface area contributed by atoms with E-state index in [9.17, 15) is 4.79 Å². The van der Waals surface area contributed by atoms with Crippen LogP contribution in [0.1, 0.15) is 35.9 Å². The Hall–Kier alpha value is -2.93. The predicted octanol–water partition coefficient (Wildman–Crippen LogP) is 3.94. The van der Waals surface area contributed by atoms with Gasteiger partial charge in [-0.05, 0) is 68.0 Å². The van der Waals surface area contributed by atoms with Gasteiger partial charge in [-0.15, -0.1) is 4.80 Å². The summed E-state index contributed by atoms with van der Waals surface area (Å²) >= 11 is 5.98. The molecule has 0 N–H and O–H groups in total. The molecule has 2 aromatic heterocycles. The van der Waals surface area contributed by atoms with Crippen molar-refractivity contribution in [1.82, 2.24) is 24.9 Å². The van der Waals surface area contributed by atoms with Crippen LogP contribution in [0.4, 0.5) is 0 Å². The number of amides is 1. The lowest BCUT2D eigenvalue weighted by atomic mass is 9.64. The second-order valence-corrected chi connectivity index (χ2v) is 8.86. The van der Waals surface area contributed by atoms with Crippen LogP contribution in [-0.4, -0.2) is 49.5 Å². The number of rotatable bonds is 5. The number of fused-ring (bicyclic) bond motifs is 2. The van der Waals surface area contributed by atoms with Crippen molar-refractivity contribution >= 4 is 17.5 Å². The molecule has 4 heterocycles. The van der Waals surface area contributed by atoms with Gasteiger partial charge in [0.15, 0.2) is 5.69 Å². The van der Waals surface area contributed by atoms with Gasteiger partial charge in [0.05, 0.1) is 18.4 Å². The van der Waals surface area contributed by atoms with Crippen molar-refractivity contribution in [3.05, 3.63) is 65.2 Å². The molecule has 1 amide bonds. The summed E-state index contributed by atoms with van der Waals surface area (Å²) in [6.07, 6.45) is 5.25. The van der Waals surface area contributed by atoms with E-state index in [1.807, 2.05) is 48.2 Å². The number of carbonyl (C=O) groups excluding carboxylic acids is 1. The quantitative estimate of drug-likeness (QED) is 0.604. The number of pyridine rings is 1. The molecule has 31 heavy (non-hydrogen) atoms. The molecule has 7 nitrogen and oxygen atoms in total. The Balaban J connectivity index is 1.45. The average molecular weight is 438 g/mol. The van der Waals surface area contributed by atoms with Crippen molar-refractivity contribution in [3.8, 4) is 11.4 Å². The number of piperidine rings is 2. The molecule has 6 rings (SSSR count). The Kier molecular flexibility index (Phi) is 5.14. The zero-order chi connectivity index (χ0) is 21.5. The van der Waals surface area contributed by atoms with Crippen LogP contribution in [0.25, 0.3) is 5.69 Å². The first-order chi connectivity index (χ1) is 15.0. The molecule has 1 aromatic carbocycles. The minimum Gasteiger partial charge on any atom is -0.491 e. The lowest BCUT2D eigenvalue weighted by Crippen LogP contribution is -2.64. The molecule has 8 heteroatoms. The minimum absolute atomic E-state index is 0.0265. The van der Waals surface area contributed by atoms with E-state index in [4.69, 9.17) is 16.3 Å². The first-order valence-corrected chi connectivity index (χ1v) is 10.9. The third-order valence-electron chi connectivity index (χ3n) is 6.57. The van der Waals surface area contributed by atoms with E-state index >= 15 is 0 Å². The van der Waals surface area contributed by atoms with Gasteiger partial charge in [-0.3, -0.25) is 4.79 Å². The van der Waals surface area contributed by atoms with Crippen LogP contribution in [0.2, 0.25) is 5.02 Å². The molecule has 1 saturated carbocycles. The summed E-state index contributed by atoms with van der Waals surface area (Å²) in [5.74, 6) is 1.64. The Bertz CT molecular complexity index is 1080. The summed E-state index contributed by atoms with van der Waals surface area (Å²) in [5, 5.41) is 9.09. The van der Waals surface area contributed by atoms with Gasteiger partial charge in [0.2, 0.25) is 0 Å². The monoisotopic (exact) mass is 437 g/mol. The Labute approximate surface area is 186 Å². The number of nitrogens with zero attached hydrogens (tertiary/aromatic N) is 5. The Morgan fingerprint density at radius 3 is 2.55 bits per heavy atom. The maximum Gasteiger partial charge on any atom is 0.275 e. The Morgan fingerprint density at radius 2 is 1.84 bits per heavy atom. The fourth-order valence-corrected chi connectivity index (χ4v) is 4.84. The number of benzene rings is 1. The van der Waals surface area contributed by atoms with Gasteiger partial charge < -0.3 is 9.64 Å². The van der Waals surface area contributed by atoms with E-state index in [1.54, 1.807) is 12.4 Å². The molecule has 0 radical (unpaired) electrons. The van der Waals surface area contributed by atoms with Gasteiger partial charge in [0.25, 0.3) is 5.91 Å². The van der Waals surface area contributed by atoms with Gasteiger partial charge in [-0.1, -0.05) is 18.5 Å². The van der Waals surface area contributed by atoms with E-state index in [-0.39, 0.29) is 18.0 Å². The number of halogens is 1. The highest BCUT2D eigenvalue weighted by atomic mass is 35.5. The van der Waals surface area contributed by atoms with Crippen LogP contribution in [0, 0.1) is 18.8 Å². The lowest BCUT2D eigenvalue weighted by molar-refractivity contribution is -0.0673. The first kappa shape index (κ1) is 20.0. The second kappa shape index (κ2) is 7.96. The third kappa shape index (κ3) is 3.67. The smallest absolute Gasteiger partial charge is 0.275 e. The Morgan fingerprint density at radius 1 is 1.13 bits per heavy atom. The standard InChI is InChI=1S/C23H24ClN5O2/c1-14-3-8-20(29-25-9-10-26-29)22(27-14)23(30)28-18-11-16(12-18)15(2)21(28)13-31-19-6-4-17(24)5-7-19/h3-10,15-16,18,21H,11-13H2,1-2H3/t15-,16?,18?,21?/m0/s1. The molecule has 2 bridgehead atoms. The third-order valence-corrected chi connectivity index (χ3v) is 6.82. The van der Waals surface area contributed by atoms with Crippen LogP contribution >= 0.6 is 11.6 Å². The van der Waals surface area contributed by atoms with Crippen molar-refractivity contribution in [1.29, 1.82) is 0 Å². The molecule has 2 aliphatic heterocycles. The molecule has 3 aromatic rings. The highest BCUT2D eigenvalue weighted by Crippen LogP contribution is 2.47. The van der Waals surface area contributed by atoms with Crippen molar-refractivity contribution in [2.24, 2.45) is 11.8 Å². The average Bonchev–Trinajstić information content (AvgIpc) is 3.27. The molecule has 3 aliphatic rings. The van der Waals surface area contributed by atoms with E-state index in [1.165, 1.54) is 4.80 Å². The van der Waals surface area contributed by atoms with Gasteiger partial charge in [-0.2, -0.15) is 10.2 Å². The topological polar surface area (TPSA) is 73.1 Å². The molecule has 2 saturated heterocycles. The lowest BCUT2D eigenvalue weighted by Gasteiger charge is -2.57. The number of hydrogen-bond donors (Lipinski definition) is 0. The van der Waals surface area contributed by atoms with Crippen LogP contribution in [-0.2, 0) is 0 Å². The van der Waals surface area contributed by atoms with Crippen LogP contribution < -0.4 is 4.74 Å². The zero-order valence-corrected chi connectivity index (χ0v) is 18.2. The molecule has 0 spiro atoms. The van der Waals surface area contributed by atoms with E-state index in [2.05, 4.69) is 22.1 Å². The fraction of sp³-hybridized carbons (Fsp3) is 0.391. The van der Waals surface area contributed by atoms with Crippen LogP contribution in [0.5, 0.6) is 5.75 Å². The van der Waals surface area contributed by atoms with Crippen molar-refractivity contribution in [3.63, 3.8) is 0 Å². The van der Waals surface area contributed by atoms with Gasteiger partial charge >= 0.3 is 0 Å². The SMILES string of the molecule is Cc1ccc(-n2nccn2)c(C(=O)N2C3CC(C3)[C@H](C)C2COc2ccc(Cl)cc2)n1. The van der Waals surface area contributed by atoms with E-state index < -0.39 is 0 Å². The molecule has 2 atom stereocenters. The van der Waals surface area contributed by atoms with Crippen molar-refractivity contribution in [2.45, 2.75) is 38.8 Å². The van der Waals surface area contributed by atoms with Gasteiger partial charge in [-0.25, -0.2) is 4.98 Å². The number of aryl methyl sites for hydroxylation is 1. The number of aromatic nitrogens is 4. The van der Waals surface area contributed by atoms with Crippen molar-refractivity contribution < 1.29 is 9.53 Å². The van der Waals surface area contributed by atoms with Crippen LogP contribution in [0.15, 0.2) is 48.8 Å². The predicted molar refractivity (Wildman–Crippen MR) is 116 cm³/mol. The highest BCUT2D eigenvalue weighted by molar-refractivity contribution is 6.30. The minimum atomic E-state index is -0.0873. The largest absolute Gasteiger partial charge is 0.491 e. The fourth-order valence-electron chi connectivity index (χ4n) is 4.72. The number of ether oxygens (including phenoxy) is 1. The molecular formula is C23H24ClN5O2. The maximum atomic E-state index is 13.8. The maximum absolute atomic E-state index is 13.8. The zero-order valence-electron chi connectivity index (χ0n) is 17.5. The van der Waals surface area contributed by atoms with Crippen molar-refractivity contribution in [2.75, 3.05) is 6.61 Å². The normalized spacial score (nSPS) is 24.5. The number of hydrogen-bond acceptors (Lipinski definition) is 5. The second-order valence-electron chi connectivity index (χ2n) is 8.43. The summed E-state index contributed by atoms with van der Waals surface area (Å²) in [4.78, 5) is 21.9. The van der Waals surface area contributed by atoms with E-state index in [0.717, 1.165) is 24.3 Å². The van der Waals surface area contributed by atoms with E-state index in [0.29, 0.717) is 34.8 Å². The first-order valence-electron chi connectivity index (χ1n) is 10.6. The van der Waals surface area contributed by atoms with Crippen LogP contribution in [0.3, 0.4) is 0 Å². The summed E-state index contributed by atoms with van der Waals surface area (Å²) in [5.41, 5.74) is 1.75. The number of carbonyl (C=O) groups is 1. The van der Waals surface area contributed by atoms with Gasteiger partial charge in [0.1, 0.15) is 18.0 Å². The summed E-state index contributed by atoms with van der Waals surface area (Å²) < 4.78 is 6.08.